The highest BCUT2D eigenvalue weighted by Crippen LogP contribution is 2.15. The van der Waals surface area contributed by atoms with Gasteiger partial charge in [-0.25, -0.2) is 0 Å². The molecule has 0 bridgehead atoms. The van der Waals surface area contributed by atoms with Gasteiger partial charge >= 0.3 is 0 Å². The van der Waals surface area contributed by atoms with E-state index < -0.39 is 0 Å². The molecule has 1 aromatic carbocycles. The van der Waals surface area contributed by atoms with Crippen molar-refractivity contribution >= 4 is 11.6 Å². The third-order valence-electron chi connectivity index (χ3n) is 4.42. The fraction of sp³-hybridized carbons (Fsp3) is 0.611. The van der Waals surface area contributed by atoms with Crippen molar-refractivity contribution in [2.75, 3.05) is 50.8 Å². The van der Waals surface area contributed by atoms with Gasteiger partial charge < -0.3 is 15.3 Å². The van der Waals surface area contributed by atoms with Gasteiger partial charge in [-0.2, -0.15) is 0 Å². The Kier molecular flexibility index (Phi) is 7.36. The number of aliphatic hydroxyl groups is 1. The van der Waals surface area contributed by atoms with Gasteiger partial charge in [0.1, 0.15) is 0 Å². The third-order valence-corrected chi connectivity index (χ3v) is 4.42. The number of nitrogens with zero attached hydrogens (tertiary/aromatic N) is 2. The molecule has 1 aliphatic heterocycles. The fourth-order valence-electron chi connectivity index (χ4n) is 2.83. The highest BCUT2D eigenvalue weighted by molar-refractivity contribution is 5.76. The van der Waals surface area contributed by atoms with Crippen molar-refractivity contribution in [1.29, 1.82) is 0 Å². The number of hydrogen-bond acceptors (Lipinski definition) is 4. The van der Waals surface area contributed by atoms with Crippen LogP contribution in [-0.4, -0.2) is 61.8 Å². The summed E-state index contributed by atoms with van der Waals surface area (Å²) in [7, 11) is 0. The van der Waals surface area contributed by atoms with E-state index in [0.29, 0.717) is 18.9 Å². The first-order valence-corrected chi connectivity index (χ1v) is 8.59. The molecular weight excluding hydrogens is 290 g/mol. The van der Waals surface area contributed by atoms with Crippen LogP contribution < -0.4 is 10.2 Å². The Hall–Kier alpha value is -1.59. The highest BCUT2D eigenvalue weighted by atomic mass is 16.3. The largest absolute Gasteiger partial charge is 0.396 e. The van der Waals surface area contributed by atoms with Crippen LogP contribution in [0.25, 0.3) is 0 Å². The molecule has 1 fully saturated rings. The molecule has 0 aromatic heterocycles. The van der Waals surface area contributed by atoms with Crippen molar-refractivity contribution < 1.29 is 9.90 Å². The average molecular weight is 319 g/mol. The van der Waals surface area contributed by atoms with Crippen LogP contribution in [0.15, 0.2) is 30.3 Å². The topological polar surface area (TPSA) is 55.8 Å². The Morgan fingerprint density at radius 3 is 2.57 bits per heavy atom. The minimum Gasteiger partial charge on any atom is -0.396 e. The Labute approximate surface area is 139 Å². The average Bonchev–Trinajstić information content (AvgIpc) is 2.59. The summed E-state index contributed by atoms with van der Waals surface area (Å²) in [5, 5.41) is 11.8. The van der Waals surface area contributed by atoms with Crippen molar-refractivity contribution in [1.82, 2.24) is 10.2 Å². The predicted octanol–water partition coefficient (Wildman–Crippen LogP) is 1.33. The summed E-state index contributed by atoms with van der Waals surface area (Å²) >= 11 is 0. The van der Waals surface area contributed by atoms with Crippen LogP contribution in [0.2, 0.25) is 0 Å². The molecule has 0 saturated carbocycles. The van der Waals surface area contributed by atoms with Crippen LogP contribution in [0.3, 0.4) is 0 Å². The molecule has 0 aliphatic carbocycles. The Morgan fingerprint density at radius 1 is 1.22 bits per heavy atom. The fourth-order valence-corrected chi connectivity index (χ4v) is 2.83. The lowest BCUT2D eigenvalue weighted by Gasteiger charge is -2.36. The number of benzene rings is 1. The molecule has 2 N–H and O–H groups in total. The van der Waals surface area contributed by atoms with Crippen molar-refractivity contribution in [3.63, 3.8) is 0 Å². The zero-order valence-corrected chi connectivity index (χ0v) is 14.1. The predicted molar refractivity (Wildman–Crippen MR) is 93.6 cm³/mol. The minimum atomic E-state index is 0.111. The maximum absolute atomic E-state index is 11.9. The molecule has 1 unspecified atom stereocenters. The molecule has 1 atom stereocenters. The third kappa shape index (κ3) is 6.20. The number of carbonyl (C=O) groups is 1. The second kappa shape index (κ2) is 9.53. The van der Waals surface area contributed by atoms with E-state index in [2.05, 4.69) is 39.4 Å². The summed E-state index contributed by atoms with van der Waals surface area (Å²) in [6.45, 7) is 7.73. The molecule has 5 nitrogen and oxygen atoms in total. The van der Waals surface area contributed by atoms with Gasteiger partial charge in [-0.15, -0.1) is 0 Å². The molecule has 23 heavy (non-hydrogen) atoms. The van der Waals surface area contributed by atoms with E-state index in [1.807, 2.05) is 13.0 Å². The van der Waals surface area contributed by atoms with Gasteiger partial charge in [0.05, 0.1) is 0 Å². The van der Waals surface area contributed by atoms with E-state index in [1.54, 1.807) is 0 Å². The van der Waals surface area contributed by atoms with Crippen LogP contribution in [0.1, 0.15) is 19.8 Å². The maximum Gasteiger partial charge on any atom is 0.221 e. The van der Waals surface area contributed by atoms with Gasteiger partial charge in [-0.1, -0.05) is 25.1 Å². The van der Waals surface area contributed by atoms with Crippen LogP contribution >= 0.6 is 0 Å². The van der Waals surface area contributed by atoms with E-state index in [4.69, 9.17) is 5.11 Å². The number of hydrogen-bond donors (Lipinski definition) is 2. The number of carbonyl (C=O) groups excluding carboxylic acids is 1. The molecule has 128 valence electrons. The molecular formula is C18H29N3O2. The van der Waals surface area contributed by atoms with Gasteiger partial charge in [0.25, 0.3) is 0 Å². The molecule has 1 aromatic rings. The standard InChI is InChI=1S/C18H29N3O2/c1-16(8-14-22)15-19-18(23)7-9-20-10-12-21(13-11-20)17-5-3-2-4-6-17/h2-6,16,22H,7-15H2,1H3,(H,19,23). The van der Waals surface area contributed by atoms with Crippen LogP contribution in [0, 0.1) is 5.92 Å². The van der Waals surface area contributed by atoms with Crippen LogP contribution in [-0.2, 0) is 4.79 Å². The second-order valence-electron chi connectivity index (χ2n) is 6.34. The van der Waals surface area contributed by atoms with Gasteiger partial charge in [-0.05, 0) is 24.5 Å². The maximum atomic E-state index is 11.9. The van der Waals surface area contributed by atoms with Crippen LogP contribution in [0.5, 0.6) is 0 Å². The van der Waals surface area contributed by atoms with Crippen LogP contribution in [0.4, 0.5) is 5.69 Å². The summed E-state index contributed by atoms with van der Waals surface area (Å²) in [5.41, 5.74) is 1.28. The summed E-state index contributed by atoms with van der Waals surface area (Å²) in [6.07, 6.45) is 1.29. The molecule has 1 aliphatic rings. The molecule has 1 saturated heterocycles. The minimum absolute atomic E-state index is 0.111. The lowest BCUT2D eigenvalue weighted by atomic mass is 10.1. The molecule has 2 rings (SSSR count). The molecule has 1 heterocycles. The summed E-state index contributed by atoms with van der Waals surface area (Å²) in [4.78, 5) is 16.6. The van der Waals surface area contributed by atoms with Gasteiger partial charge in [0.15, 0.2) is 0 Å². The Balaban J connectivity index is 1.62. The number of aliphatic hydroxyl groups excluding tert-OH is 1. The zero-order chi connectivity index (χ0) is 16.5. The van der Waals surface area contributed by atoms with Crippen molar-refractivity contribution in [2.24, 2.45) is 5.92 Å². The number of rotatable bonds is 8. The molecule has 0 spiro atoms. The monoisotopic (exact) mass is 319 g/mol. The second-order valence-corrected chi connectivity index (χ2v) is 6.34. The molecule has 5 heteroatoms. The summed E-state index contributed by atoms with van der Waals surface area (Å²) < 4.78 is 0. The van der Waals surface area contributed by atoms with Gasteiger partial charge in [0, 0.05) is 58.0 Å². The number of piperazine rings is 1. The van der Waals surface area contributed by atoms with E-state index in [1.165, 1.54) is 5.69 Å². The number of anilines is 1. The zero-order valence-electron chi connectivity index (χ0n) is 14.1. The van der Waals surface area contributed by atoms with E-state index in [0.717, 1.165) is 39.1 Å². The first-order valence-electron chi connectivity index (χ1n) is 8.59. The first-order chi connectivity index (χ1) is 11.2. The first kappa shape index (κ1) is 17.8. The van der Waals surface area contributed by atoms with Gasteiger partial charge in [-0.3, -0.25) is 9.69 Å². The van der Waals surface area contributed by atoms with Crippen molar-refractivity contribution in [3.05, 3.63) is 30.3 Å². The Bertz CT molecular complexity index is 459. The van der Waals surface area contributed by atoms with E-state index in [-0.39, 0.29) is 12.5 Å². The number of nitrogens with one attached hydrogen (secondary N) is 1. The molecule has 1 amide bonds. The lowest BCUT2D eigenvalue weighted by Crippen LogP contribution is -2.47. The Morgan fingerprint density at radius 2 is 1.91 bits per heavy atom. The smallest absolute Gasteiger partial charge is 0.221 e. The quantitative estimate of drug-likeness (QED) is 0.759. The SMILES string of the molecule is CC(CCO)CNC(=O)CCN1CCN(c2ccccc2)CC1. The number of amides is 1. The molecule has 0 radical (unpaired) electrons. The normalized spacial score (nSPS) is 17.0. The summed E-state index contributed by atoms with van der Waals surface area (Å²) in [5.74, 6) is 0.443. The van der Waals surface area contributed by atoms with Crippen molar-refractivity contribution in [3.8, 4) is 0 Å². The van der Waals surface area contributed by atoms with Crippen molar-refractivity contribution in [2.45, 2.75) is 19.8 Å². The lowest BCUT2D eigenvalue weighted by molar-refractivity contribution is -0.121. The highest BCUT2D eigenvalue weighted by Gasteiger charge is 2.17. The van der Waals surface area contributed by atoms with Gasteiger partial charge in [0.2, 0.25) is 5.91 Å². The van der Waals surface area contributed by atoms with E-state index >= 15 is 0 Å². The number of para-hydroxylation sites is 1. The van der Waals surface area contributed by atoms with E-state index in [9.17, 15) is 4.79 Å². The summed E-state index contributed by atoms with van der Waals surface area (Å²) in [6, 6.07) is 10.5.